The maximum atomic E-state index is 13.3. The van der Waals surface area contributed by atoms with Gasteiger partial charge in [-0.3, -0.25) is 4.79 Å². The molecule has 2 fully saturated rings. The van der Waals surface area contributed by atoms with Crippen molar-refractivity contribution in [1.29, 1.82) is 0 Å². The molecule has 1 atom stereocenters. The molecule has 3 aromatic rings. The summed E-state index contributed by atoms with van der Waals surface area (Å²) >= 11 is 12.3. The van der Waals surface area contributed by atoms with E-state index in [0.717, 1.165) is 18.5 Å². The number of hydrogen-bond acceptors (Lipinski definition) is 5. The Morgan fingerprint density at radius 3 is 2.65 bits per heavy atom. The third-order valence-corrected chi connectivity index (χ3v) is 8.14. The minimum atomic E-state index is -3.09. The van der Waals surface area contributed by atoms with Gasteiger partial charge in [-0.05, 0) is 50.5 Å². The number of sulfone groups is 1. The van der Waals surface area contributed by atoms with Crippen LogP contribution in [0.1, 0.15) is 53.0 Å². The van der Waals surface area contributed by atoms with E-state index >= 15 is 0 Å². The summed E-state index contributed by atoms with van der Waals surface area (Å²) in [4.78, 5) is 18.1. The van der Waals surface area contributed by atoms with Crippen LogP contribution in [0.5, 0.6) is 0 Å². The highest BCUT2D eigenvalue weighted by Crippen LogP contribution is 2.41. The first-order valence-electron chi connectivity index (χ1n) is 10.1. The summed E-state index contributed by atoms with van der Waals surface area (Å²) in [6.07, 6.45) is 2.53. The number of benzene rings is 1. The molecule has 1 aromatic carbocycles. The van der Waals surface area contributed by atoms with Gasteiger partial charge in [0.1, 0.15) is 0 Å². The Morgan fingerprint density at radius 2 is 1.97 bits per heavy atom. The predicted molar refractivity (Wildman–Crippen MR) is 121 cm³/mol. The lowest BCUT2D eigenvalue weighted by molar-refractivity contribution is 0.102. The van der Waals surface area contributed by atoms with E-state index in [1.165, 1.54) is 0 Å². The van der Waals surface area contributed by atoms with E-state index in [1.807, 2.05) is 13.0 Å². The highest BCUT2D eigenvalue weighted by atomic mass is 35.5. The largest absolute Gasteiger partial charge is 0.321 e. The van der Waals surface area contributed by atoms with Crippen molar-refractivity contribution in [2.45, 2.75) is 38.1 Å². The number of aryl methyl sites for hydroxylation is 1. The van der Waals surface area contributed by atoms with E-state index in [1.54, 1.807) is 22.9 Å². The molecule has 5 rings (SSSR count). The van der Waals surface area contributed by atoms with Gasteiger partial charge in [0.15, 0.2) is 15.5 Å². The van der Waals surface area contributed by atoms with Crippen LogP contribution in [0.2, 0.25) is 10.0 Å². The topological polar surface area (TPSA) is 93.9 Å². The monoisotopic (exact) mass is 478 g/mol. The van der Waals surface area contributed by atoms with E-state index in [9.17, 15) is 13.2 Å². The lowest BCUT2D eigenvalue weighted by Gasteiger charge is -2.12. The first kappa shape index (κ1) is 20.7. The number of carbonyl (C=O) groups is 1. The molecular formula is C21H20Cl2N4O3S. The number of fused-ring (bicyclic) bond motifs is 1. The molecular weight excluding hydrogens is 459 g/mol. The molecule has 1 saturated carbocycles. The highest BCUT2D eigenvalue weighted by molar-refractivity contribution is 7.91. The fourth-order valence-electron chi connectivity index (χ4n) is 4.11. The lowest BCUT2D eigenvalue weighted by Crippen LogP contribution is -2.15. The van der Waals surface area contributed by atoms with Crippen LogP contribution in [0.3, 0.4) is 0 Å². The van der Waals surface area contributed by atoms with Crippen molar-refractivity contribution in [2.75, 3.05) is 16.8 Å². The van der Waals surface area contributed by atoms with Gasteiger partial charge in [-0.1, -0.05) is 23.2 Å². The molecule has 1 aliphatic heterocycles. The molecule has 10 heteroatoms. The summed E-state index contributed by atoms with van der Waals surface area (Å²) in [5.41, 5.74) is 2.90. The second-order valence-electron chi connectivity index (χ2n) is 8.23. The number of rotatable bonds is 4. The maximum Gasteiger partial charge on any atom is 0.256 e. The van der Waals surface area contributed by atoms with Gasteiger partial charge in [0.2, 0.25) is 0 Å². The summed E-state index contributed by atoms with van der Waals surface area (Å²) in [5, 5.41) is 8.93. The minimum Gasteiger partial charge on any atom is -0.321 e. The van der Waals surface area contributed by atoms with Gasteiger partial charge in [0.25, 0.3) is 5.91 Å². The Morgan fingerprint density at radius 1 is 1.19 bits per heavy atom. The minimum absolute atomic E-state index is 0.0399. The van der Waals surface area contributed by atoms with Crippen molar-refractivity contribution in [1.82, 2.24) is 14.8 Å². The highest BCUT2D eigenvalue weighted by Gasteiger charge is 2.34. The van der Waals surface area contributed by atoms with Gasteiger partial charge in [0, 0.05) is 16.6 Å². The molecule has 1 saturated heterocycles. The molecule has 0 radical (unpaired) electrons. The Kier molecular flexibility index (Phi) is 4.99. The molecule has 2 aliphatic rings. The van der Waals surface area contributed by atoms with E-state index in [4.69, 9.17) is 28.2 Å². The zero-order chi connectivity index (χ0) is 21.9. The number of nitrogens with one attached hydrogen (secondary N) is 1. The summed E-state index contributed by atoms with van der Waals surface area (Å²) < 4.78 is 25.8. The Labute approximate surface area is 189 Å². The predicted octanol–water partition coefficient (Wildman–Crippen LogP) is 4.54. The van der Waals surface area contributed by atoms with Crippen LogP contribution in [-0.4, -0.2) is 40.6 Å². The number of anilines is 1. The van der Waals surface area contributed by atoms with Crippen molar-refractivity contribution >= 4 is 55.7 Å². The van der Waals surface area contributed by atoms with Gasteiger partial charge in [-0.2, -0.15) is 5.10 Å². The van der Waals surface area contributed by atoms with Gasteiger partial charge >= 0.3 is 0 Å². The molecule has 1 aliphatic carbocycles. The lowest BCUT2D eigenvalue weighted by atomic mass is 10.1. The van der Waals surface area contributed by atoms with Gasteiger partial charge in [-0.15, -0.1) is 0 Å². The number of aromatic nitrogens is 3. The van der Waals surface area contributed by atoms with Gasteiger partial charge in [0.05, 0.1) is 44.9 Å². The standard InChI is InChI=1S/C21H20Cl2N4O3S/c1-11-19-15(21(28)25-18-8-13(22)4-5-16(18)23)9-17(12-2-3-12)24-20(19)27(26-11)14-6-7-31(29,30)10-14/h4-5,8-9,12,14H,2-3,6-7,10H2,1H3,(H,25,28). The number of carbonyl (C=O) groups excluding carboxylic acids is 1. The van der Waals surface area contributed by atoms with Crippen LogP contribution in [-0.2, 0) is 9.84 Å². The van der Waals surface area contributed by atoms with E-state index in [0.29, 0.717) is 50.4 Å². The van der Waals surface area contributed by atoms with Crippen molar-refractivity contribution in [3.05, 3.63) is 51.3 Å². The number of halogens is 2. The third kappa shape index (κ3) is 3.92. The van der Waals surface area contributed by atoms with Gasteiger partial charge in [-0.25, -0.2) is 18.1 Å². The smallest absolute Gasteiger partial charge is 0.256 e. The number of nitrogens with zero attached hydrogens (tertiary/aromatic N) is 3. The summed E-state index contributed by atoms with van der Waals surface area (Å²) in [5.74, 6) is 0.154. The fraction of sp³-hybridized carbons (Fsp3) is 0.381. The molecule has 31 heavy (non-hydrogen) atoms. The van der Waals surface area contributed by atoms with Crippen LogP contribution in [0, 0.1) is 6.92 Å². The normalized spacial score (nSPS) is 20.3. The van der Waals surface area contributed by atoms with E-state index in [2.05, 4.69) is 10.4 Å². The number of hydrogen-bond donors (Lipinski definition) is 1. The van der Waals surface area contributed by atoms with Crippen molar-refractivity contribution < 1.29 is 13.2 Å². The Balaban J connectivity index is 1.62. The second kappa shape index (κ2) is 7.46. The molecule has 2 aromatic heterocycles. The van der Waals surface area contributed by atoms with Crippen LogP contribution < -0.4 is 5.32 Å². The number of amides is 1. The molecule has 1 N–H and O–H groups in total. The SMILES string of the molecule is Cc1nn(C2CCS(=O)(=O)C2)c2nc(C3CC3)cc(C(=O)Nc3cc(Cl)ccc3Cl)c12. The van der Waals surface area contributed by atoms with Crippen LogP contribution >= 0.6 is 23.2 Å². The van der Waals surface area contributed by atoms with Crippen LogP contribution in [0.25, 0.3) is 11.0 Å². The zero-order valence-electron chi connectivity index (χ0n) is 16.7. The molecule has 1 amide bonds. The molecule has 7 nitrogen and oxygen atoms in total. The van der Waals surface area contributed by atoms with Crippen molar-refractivity contribution in [2.24, 2.45) is 0 Å². The average Bonchev–Trinajstić information content (AvgIpc) is 3.43. The van der Waals surface area contributed by atoms with Crippen molar-refractivity contribution in [3.63, 3.8) is 0 Å². The third-order valence-electron chi connectivity index (χ3n) is 5.83. The molecule has 0 bridgehead atoms. The first-order valence-corrected chi connectivity index (χ1v) is 12.7. The second-order valence-corrected chi connectivity index (χ2v) is 11.3. The van der Waals surface area contributed by atoms with E-state index < -0.39 is 9.84 Å². The zero-order valence-corrected chi connectivity index (χ0v) is 19.1. The molecule has 0 spiro atoms. The number of pyridine rings is 1. The molecule has 3 heterocycles. The summed E-state index contributed by atoms with van der Waals surface area (Å²) in [6, 6.07) is 6.42. The molecule has 162 valence electrons. The van der Waals surface area contributed by atoms with Crippen LogP contribution in [0.4, 0.5) is 5.69 Å². The van der Waals surface area contributed by atoms with Crippen LogP contribution in [0.15, 0.2) is 24.3 Å². The first-order chi connectivity index (χ1) is 14.7. The maximum absolute atomic E-state index is 13.3. The Hall–Kier alpha value is -2.16. The summed E-state index contributed by atoms with van der Waals surface area (Å²) in [7, 11) is -3.09. The van der Waals surface area contributed by atoms with Gasteiger partial charge < -0.3 is 5.32 Å². The van der Waals surface area contributed by atoms with Crippen molar-refractivity contribution in [3.8, 4) is 0 Å². The quantitative estimate of drug-likeness (QED) is 0.593. The fourth-order valence-corrected chi connectivity index (χ4v) is 6.13. The molecule has 1 unspecified atom stereocenters. The average molecular weight is 479 g/mol. The Bertz CT molecular complexity index is 1330. The van der Waals surface area contributed by atoms with E-state index in [-0.39, 0.29) is 23.5 Å². The summed E-state index contributed by atoms with van der Waals surface area (Å²) in [6.45, 7) is 1.81.